The van der Waals surface area contributed by atoms with Crippen LogP contribution < -0.4 is 4.90 Å². The molecule has 0 saturated carbocycles. The van der Waals surface area contributed by atoms with E-state index in [9.17, 15) is 0 Å². The summed E-state index contributed by atoms with van der Waals surface area (Å²) in [6.07, 6.45) is 3.52. The molecule has 2 aromatic rings. The number of likely N-dealkylation sites (N-methyl/N-ethyl adjacent to an activating group) is 1. The van der Waals surface area contributed by atoms with Gasteiger partial charge in [0.15, 0.2) is 5.65 Å². The summed E-state index contributed by atoms with van der Waals surface area (Å²) in [5.74, 6) is 1.02. The van der Waals surface area contributed by atoms with Crippen molar-refractivity contribution in [3.8, 4) is 0 Å². The van der Waals surface area contributed by atoms with Crippen LogP contribution in [0.1, 0.15) is 6.92 Å². The van der Waals surface area contributed by atoms with Crippen molar-refractivity contribution in [1.82, 2.24) is 24.6 Å². The van der Waals surface area contributed by atoms with Gasteiger partial charge in [-0.3, -0.25) is 0 Å². The highest BCUT2D eigenvalue weighted by molar-refractivity contribution is 5.86. The lowest BCUT2D eigenvalue weighted by atomic mass is 10.3. The van der Waals surface area contributed by atoms with Gasteiger partial charge in [-0.2, -0.15) is 5.10 Å². The van der Waals surface area contributed by atoms with Gasteiger partial charge in [-0.05, 0) is 14.0 Å². The van der Waals surface area contributed by atoms with E-state index in [4.69, 9.17) is 0 Å². The van der Waals surface area contributed by atoms with Crippen molar-refractivity contribution in [3.05, 3.63) is 12.5 Å². The van der Waals surface area contributed by atoms with Crippen LogP contribution in [0, 0.1) is 0 Å². The summed E-state index contributed by atoms with van der Waals surface area (Å²) in [6, 6.07) is 0. The first-order chi connectivity index (χ1) is 8.79. The second-order valence-electron chi connectivity index (χ2n) is 4.69. The van der Waals surface area contributed by atoms with Crippen molar-refractivity contribution in [2.75, 3.05) is 38.1 Å². The van der Waals surface area contributed by atoms with E-state index in [0.29, 0.717) is 0 Å². The van der Waals surface area contributed by atoms with Gasteiger partial charge in [-0.25, -0.2) is 14.6 Å². The Morgan fingerprint density at radius 3 is 2.67 bits per heavy atom. The zero-order valence-electron chi connectivity index (χ0n) is 10.9. The van der Waals surface area contributed by atoms with Gasteiger partial charge in [0, 0.05) is 32.7 Å². The van der Waals surface area contributed by atoms with E-state index in [1.165, 1.54) is 0 Å². The number of aryl methyl sites for hydroxylation is 1. The smallest absolute Gasteiger partial charge is 0.163 e. The molecule has 96 valence electrons. The van der Waals surface area contributed by atoms with Gasteiger partial charge in [0.25, 0.3) is 0 Å². The average molecular weight is 246 g/mol. The Labute approximate surface area is 106 Å². The molecule has 2 aromatic heterocycles. The molecule has 0 N–H and O–H groups in total. The molecule has 0 bridgehead atoms. The number of piperazine rings is 1. The summed E-state index contributed by atoms with van der Waals surface area (Å²) in [6.45, 7) is 7.09. The van der Waals surface area contributed by atoms with E-state index < -0.39 is 0 Å². The monoisotopic (exact) mass is 246 g/mol. The number of anilines is 1. The largest absolute Gasteiger partial charge is 0.353 e. The minimum absolute atomic E-state index is 0.836. The zero-order chi connectivity index (χ0) is 12.5. The Bertz CT molecular complexity index is 540. The van der Waals surface area contributed by atoms with Crippen molar-refractivity contribution < 1.29 is 0 Å². The lowest BCUT2D eigenvalue weighted by Crippen LogP contribution is -2.44. The van der Waals surface area contributed by atoms with E-state index in [0.717, 1.165) is 49.6 Å². The Balaban J connectivity index is 1.99. The van der Waals surface area contributed by atoms with Gasteiger partial charge >= 0.3 is 0 Å². The van der Waals surface area contributed by atoms with Crippen LogP contribution in [0.2, 0.25) is 0 Å². The van der Waals surface area contributed by atoms with E-state index >= 15 is 0 Å². The zero-order valence-corrected chi connectivity index (χ0v) is 10.9. The summed E-state index contributed by atoms with van der Waals surface area (Å²) in [5, 5.41) is 5.42. The quantitative estimate of drug-likeness (QED) is 0.776. The standard InChI is InChI=1S/C12H18N6/c1-3-18-12-10(8-15-18)11(13-9-14-12)17-6-4-16(2)5-7-17/h8-9H,3-7H2,1-2H3. The molecule has 6 nitrogen and oxygen atoms in total. The van der Waals surface area contributed by atoms with Crippen LogP contribution in [-0.4, -0.2) is 57.9 Å². The first-order valence-corrected chi connectivity index (χ1v) is 6.39. The Kier molecular flexibility index (Phi) is 2.87. The summed E-state index contributed by atoms with van der Waals surface area (Å²) in [7, 11) is 2.15. The van der Waals surface area contributed by atoms with E-state index in [1.54, 1.807) is 6.33 Å². The van der Waals surface area contributed by atoms with Crippen molar-refractivity contribution in [3.63, 3.8) is 0 Å². The molecule has 0 aliphatic carbocycles. The van der Waals surface area contributed by atoms with Gasteiger partial charge in [0.05, 0.1) is 11.6 Å². The lowest BCUT2D eigenvalue weighted by molar-refractivity contribution is 0.312. The fourth-order valence-corrected chi connectivity index (χ4v) is 2.38. The molecule has 1 aliphatic rings. The third-order valence-electron chi connectivity index (χ3n) is 3.51. The maximum Gasteiger partial charge on any atom is 0.163 e. The molecule has 0 atom stereocenters. The van der Waals surface area contributed by atoms with Gasteiger partial charge < -0.3 is 9.80 Å². The predicted octanol–water partition coefficient (Wildman–Crippen LogP) is 0.598. The van der Waals surface area contributed by atoms with Crippen LogP contribution in [0.25, 0.3) is 11.0 Å². The van der Waals surface area contributed by atoms with Crippen LogP contribution in [0.4, 0.5) is 5.82 Å². The number of rotatable bonds is 2. The molecular weight excluding hydrogens is 228 g/mol. The predicted molar refractivity (Wildman–Crippen MR) is 70.7 cm³/mol. The molecule has 3 rings (SSSR count). The topological polar surface area (TPSA) is 50.1 Å². The molecule has 0 spiro atoms. The van der Waals surface area contributed by atoms with E-state index in [2.05, 4.69) is 38.8 Å². The molecule has 0 aromatic carbocycles. The van der Waals surface area contributed by atoms with Crippen molar-refractivity contribution in [2.45, 2.75) is 13.5 Å². The molecule has 1 fully saturated rings. The fraction of sp³-hybridized carbons (Fsp3) is 0.583. The average Bonchev–Trinajstić information content (AvgIpc) is 2.82. The number of hydrogen-bond acceptors (Lipinski definition) is 5. The number of nitrogens with zero attached hydrogens (tertiary/aromatic N) is 6. The Morgan fingerprint density at radius 2 is 1.94 bits per heavy atom. The molecule has 3 heterocycles. The highest BCUT2D eigenvalue weighted by atomic mass is 15.3. The normalized spacial score (nSPS) is 17.6. The minimum atomic E-state index is 0.836. The fourth-order valence-electron chi connectivity index (χ4n) is 2.38. The molecule has 1 saturated heterocycles. The number of hydrogen-bond donors (Lipinski definition) is 0. The molecule has 1 aliphatic heterocycles. The second kappa shape index (κ2) is 4.53. The first-order valence-electron chi connectivity index (χ1n) is 6.39. The SMILES string of the molecule is CCn1ncc2c(N3CCN(C)CC3)ncnc21. The maximum atomic E-state index is 4.45. The van der Waals surface area contributed by atoms with Crippen LogP contribution >= 0.6 is 0 Å². The first kappa shape index (κ1) is 11.4. The molecule has 18 heavy (non-hydrogen) atoms. The third kappa shape index (κ3) is 1.82. The van der Waals surface area contributed by atoms with Crippen molar-refractivity contribution in [2.24, 2.45) is 0 Å². The number of aromatic nitrogens is 4. The van der Waals surface area contributed by atoms with Gasteiger partial charge in [0.2, 0.25) is 0 Å². The van der Waals surface area contributed by atoms with Crippen molar-refractivity contribution >= 4 is 16.9 Å². The lowest BCUT2D eigenvalue weighted by Gasteiger charge is -2.33. The second-order valence-corrected chi connectivity index (χ2v) is 4.69. The van der Waals surface area contributed by atoms with Crippen LogP contribution in [0.15, 0.2) is 12.5 Å². The Morgan fingerprint density at radius 1 is 1.17 bits per heavy atom. The minimum Gasteiger partial charge on any atom is -0.353 e. The molecule has 6 heteroatoms. The highest BCUT2D eigenvalue weighted by Crippen LogP contribution is 2.23. The van der Waals surface area contributed by atoms with E-state index in [1.807, 2.05) is 10.9 Å². The molecular formula is C12H18N6. The number of fused-ring (bicyclic) bond motifs is 1. The van der Waals surface area contributed by atoms with Crippen LogP contribution in [0.3, 0.4) is 0 Å². The Hall–Kier alpha value is -1.69. The van der Waals surface area contributed by atoms with E-state index in [-0.39, 0.29) is 0 Å². The summed E-state index contributed by atoms with van der Waals surface area (Å²) in [4.78, 5) is 13.4. The van der Waals surface area contributed by atoms with Crippen LogP contribution in [-0.2, 0) is 6.54 Å². The van der Waals surface area contributed by atoms with Gasteiger partial charge in [-0.15, -0.1) is 0 Å². The molecule has 0 radical (unpaired) electrons. The molecule has 0 unspecified atom stereocenters. The highest BCUT2D eigenvalue weighted by Gasteiger charge is 2.19. The summed E-state index contributed by atoms with van der Waals surface area (Å²) >= 11 is 0. The molecule has 0 amide bonds. The maximum absolute atomic E-state index is 4.45. The third-order valence-corrected chi connectivity index (χ3v) is 3.51. The van der Waals surface area contributed by atoms with Gasteiger partial charge in [0.1, 0.15) is 12.1 Å². The summed E-state index contributed by atoms with van der Waals surface area (Å²) < 4.78 is 1.91. The van der Waals surface area contributed by atoms with Crippen molar-refractivity contribution in [1.29, 1.82) is 0 Å². The summed E-state index contributed by atoms with van der Waals surface area (Å²) in [5.41, 5.74) is 0.932. The van der Waals surface area contributed by atoms with Gasteiger partial charge in [-0.1, -0.05) is 0 Å². The van der Waals surface area contributed by atoms with Crippen LogP contribution in [0.5, 0.6) is 0 Å².